The first-order valence-electron chi connectivity index (χ1n) is 14.4. The van der Waals surface area contributed by atoms with E-state index in [-0.39, 0.29) is 5.91 Å². The van der Waals surface area contributed by atoms with Crippen LogP contribution in [0, 0.1) is 29.1 Å². The van der Waals surface area contributed by atoms with Crippen LogP contribution in [0.1, 0.15) is 104 Å². The third-order valence-electron chi connectivity index (χ3n) is 6.05. The molecule has 0 radical (unpaired) electrons. The van der Waals surface area contributed by atoms with E-state index >= 15 is 0 Å². The molecule has 8 nitrogen and oxygen atoms in total. The van der Waals surface area contributed by atoms with Crippen molar-refractivity contribution < 1.29 is 9.59 Å². The molecular weight excluding hydrogens is 500 g/mol. The Balaban J connectivity index is 0.000000832. The van der Waals surface area contributed by atoms with Gasteiger partial charge in [0.05, 0.1) is 0 Å². The highest BCUT2D eigenvalue weighted by Gasteiger charge is 2.25. The van der Waals surface area contributed by atoms with E-state index in [1.807, 2.05) is 38.1 Å². The van der Waals surface area contributed by atoms with Crippen molar-refractivity contribution in [2.45, 2.75) is 88.0 Å². The van der Waals surface area contributed by atoms with E-state index in [0.29, 0.717) is 29.4 Å². The number of allylic oxidation sites excluding steroid dienone is 2. The second-order valence-corrected chi connectivity index (χ2v) is 11.2. The SMILES string of the molecule is CC.CC(=N)/C(=C(/C)N)c1ccc(NC(=O)CC2CC(C)CC(C)C2)cc1.CC(C)C.Cn1nccc1C(N)=O. The molecule has 1 aromatic heterocycles. The molecule has 6 N–H and O–H groups in total. The molecule has 224 valence electrons. The minimum absolute atomic E-state index is 0.0908. The summed E-state index contributed by atoms with van der Waals surface area (Å²) >= 11 is 0. The van der Waals surface area contributed by atoms with Gasteiger partial charge in [0, 0.05) is 42.3 Å². The fourth-order valence-corrected chi connectivity index (χ4v) is 4.83. The molecule has 0 aliphatic heterocycles. The van der Waals surface area contributed by atoms with Crippen molar-refractivity contribution in [1.29, 1.82) is 5.41 Å². The molecule has 1 fully saturated rings. The Labute approximate surface area is 242 Å². The zero-order valence-electron chi connectivity index (χ0n) is 26.5. The lowest BCUT2D eigenvalue weighted by Gasteiger charge is -2.31. The summed E-state index contributed by atoms with van der Waals surface area (Å²) in [6, 6.07) is 9.15. The predicted octanol–water partition coefficient (Wildman–Crippen LogP) is 7.02. The normalized spacial score (nSPS) is 18.4. The number of nitrogens with zero attached hydrogens (tertiary/aromatic N) is 2. The fraction of sp³-hybridized carbons (Fsp3) is 0.562. The van der Waals surface area contributed by atoms with Crippen LogP contribution in [0.5, 0.6) is 0 Å². The molecule has 2 unspecified atom stereocenters. The molecule has 3 rings (SSSR count). The van der Waals surface area contributed by atoms with Gasteiger partial charge >= 0.3 is 0 Å². The highest BCUT2D eigenvalue weighted by Crippen LogP contribution is 2.34. The molecule has 2 aromatic rings. The average Bonchev–Trinajstić information content (AvgIpc) is 3.27. The number of benzene rings is 1. The van der Waals surface area contributed by atoms with Crippen molar-refractivity contribution in [3.8, 4) is 0 Å². The van der Waals surface area contributed by atoms with E-state index in [1.165, 1.54) is 17.3 Å². The fourth-order valence-electron chi connectivity index (χ4n) is 4.83. The van der Waals surface area contributed by atoms with Gasteiger partial charge in [-0.15, -0.1) is 0 Å². The molecule has 0 saturated heterocycles. The van der Waals surface area contributed by atoms with E-state index in [9.17, 15) is 9.59 Å². The number of carbonyl (C=O) groups excluding carboxylic acids is 2. The molecule has 1 aliphatic carbocycles. The monoisotopic (exact) mass is 554 g/mol. The van der Waals surface area contributed by atoms with Gasteiger partial charge in [-0.2, -0.15) is 5.10 Å². The van der Waals surface area contributed by atoms with E-state index in [0.717, 1.165) is 47.4 Å². The first-order valence-corrected chi connectivity index (χ1v) is 14.4. The Morgan fingerprint density at radius 2 is 1.50 bits per heavy atom. The molecule has 2 atom stereocenters. The van der Waals surface area contributed by atoms with Gasteiger partial charge < -0.3 is 22.2 Å². The quantitative estimate of drug-likeness (QED) is 0.285. The summed E-state index contributed by atoms with van der Waals surface area (Å²) in [5, 5.41) is 14.6. The van der Waals surface area contributed by atoms with Crippen LogP contribution in [0.3, 0.4) is 0 Å². The summed E-state index contributed by atoms with van der Waals surface area (Å²) in [5.74, 6) is 2.40. The van der Waals surface area contributed by atoms with Crippen molar-refractivity contribution in [3.05, 3.63) is 53.5 Å². The molecular formula is C32H54N6O2. The highest BCUT2D eigenvalue weighted by atomic mass is 16.2. The number of aryl methyl sites for hydroxylation is 1. The van der Waals surface area contributed by atoms with Gasteiger partial charge in [-0.1, -0.05) is 60.6 Å². The number of primary amides is 1. The number of aromatic nitrogens is 2. The molecule has 2 amide bonds. The minimum Gasteiger partial charge on any atom is -0.402 e. The number of rotatable bonds is 6. The Kier molecular flexibility index (Phi) is 17.2. The van der Waals surface area contributed by atoms with E-state index in [4.69, 9.17) is 16.9 Å². The van der Waals surface area contributed by atoms with Gasteiger partial charge in [-0.05, 0) is 80.5 Å². The van der Waals surface area contributed by atoms with Crippen LogP contribution in [-0.2, 0) is 11.8 Å². The standard InChI is InChI=1S/C21H31N3O.C5H7N3O.C4H10.C2H6/c1-13-9-14(2)11-17(10-13)12-20(25)24-19-7-5-18(6-8-19)21(15(3)22)16(4)23;1-8-4(5(6)9)2-3-7-8;1-4(2)3;1-2/h5-8,13-14,17,22H,9-12,23H2,1-4H3,(H,24,25);2-3H,1H3,(H2,6,9);4H,1-3H3;1-2H3/b21-16+,22-15?;;;. The number of hydrogen-bond acceptors (Lipinski definition) is 5. The summed E-state index contributed by atoms with van der Waals surface area (Å²) in [4.78, 5) is 22.8. The second kappa shape index (κ2) is 18.8. The number of hydrogen-bond donors (Lipinski definition) is 4. The summed E-state index contributed by atoms with van der Waals surface area (Å²) in [6.45, 7) is 18.6. The van der Waals surface area contributed by atoms with Gasteiger partial charge in [-0.3, -0.25) is 14.3 Å². The number of amides is 2. The topological polar surface area (TPSA) is 140 Å². The molecule has 1 aromatic carbocycles. The molecule has 1 heterocycles. The van der Waals surface area contributed by atoms with E-state index in [1.54, 1.807) is 27.0 Å². The Morgan fingerprint density at radius 1 is 1.00 bits per heavy atom. The maximum absolute atomic E-state index is 12.4. The summed E-state index contributed by atoms with van der Waals surface area (Å²) in [5.41, 5.74) is 14.8. The first-order chi connectivity index (χ1) is 18.7. The van der Waals surface area contributed by atoms with Crippen LogP contribution >= 0.6 is 0 Å². The lowest BCUT2D eigenvalue weighted by atomic mass is 9.75. The summed E-state index contributed by atoms with van der Waals surface area (Å²) in [7, 11) is 1.67. The summed E-state index contributed by atoms with van der Waals surface area (Å²) < 4.78 is 1.43. The van der Waals surface area contributed by atoms with E-state index in [2.05, 4.69) is 45.0 Å². The zero-order chi connectivity index (χ0) is 31.0. The van der Waals surface area contributed by atoms with Crippen LogP contribution < -0.4 is 16.8 Å². The van der Waals surface area contributed by atoms with Gasteiger partial charge in [0.1, 0.15) is 5.69 Å². The van der Waals surface area contributed by atoms with Crippen molar-refractivity contribution in [2.75, 3.05) is 5.32 Å². The number of nitrogens with two attached hydrogens (primary N) is 2. The van der Waals surface area contributed by atoms with Gasteiger partial charge in [0.2, 0.25) is 5.91 Å². The lowest BCUT2D eigenvalue weighted by molar-refractivity contribution is -0.117. The number of nitrogens with one attached hydrogen (secondary N) is 2. The van der Waals surface area contributed by atoms with E-state index < -0.39 is 5.91 Å². The molecule has 40 heavy (non-hydrogen) atoms. The van der Waals surface area contributed by atoms with Crippen LogP contribution in [0.25, 0.3) is 5.57 Å². The van der Waals surface area contributed by atoms with Gasteiger partial charge in [-0.25, -0.2) is 0 Å². The third-order valence-corrected chi connectivity index (χ3v) is 6.05. The lowest BCUT2D eigenvalue weighted by Crippen LogP contribution is -2.24. The minimum atomic E-state index is -0.449. The molecule has 0 spiro atoms. The maximum Gasteiger partial charge on any atom is 0.266 e. The number of carbonyl (C=O) groups is 2. The summed E-state index contributed by atoms with van der Waals surface area (Å²) in [6.07, 6.45) is 5.71. The first kappa shape index (κ1) is 36.6. The van der Waals surface area contributed by atoms with Gasteiger partial charge in [0.15, 0.2) is 0 Å². The van der Waals surface area contributed by atoms with Crippen molar-refractivity contribution in [2.24, 2.45) is 42.2 Å². The highest BCUT2D eigenvalue weighted by molar-refractivity contribution is 6.21. The number of anilines is 1. The molecule has 8 heteroatoms. The second-order valence-electron chi connectivity index (χ2n) is 11.2. The molecule has 1 aliphatic rings. The van der Waals surface area contributed by atoms with Crippen LogP contribution in [0.2, 0.25) is 0 Å². The third kappa shape index (κ3) is 14.1. The van der Waals surface area contributed by atoms with Gasteiger partial charge in [0.25, 0.3) is 5.91 Å². The Bertz CT molecular complexity index is 1070. The zero-order valence-corrected chi connectivity index (χ0v) is 26.5. The predicted molar refractivity (Wildman–Crippen MR) is 169 cm³/mol. The molecule has 0 bridgehead atoms. The Hall–Kier alpha value is -3.42. The Morgan fingerprint density at radius 3 is 1.85 bits per heavy atom. The maximum atomic E-state index is 12.4. The average molecular weight is 555 g/mol. The largest absolute Gasteiger partial charge is 0.402 e. The van der Waals surface area contributed by atoms with Crippen molar-refractivity contribution >= 4 is 28.8 Å². The molecule has 1 saturated carbocycles. The van der Waals surface area contributed by atoms with Crippen LogP contribution in [0.15, 0.2) is 42.2 Å². The van der Waals surface area contributed by atoms with Crippen molar-refractivity contribution in [1.82, 2.24) is 9.78 Å². The van der Waals surface area contributed by atoms with Crippen LogP contribution in [0.4, 0.5) is 5.69 Å². The van der Waals surface area contributed by atoms with Crippen molar-refractivity contribution in [3.63, 3.8) is 0 Å². The smallest absolute Gasteiger partial charge is 0.266 e. The van der Waals surface area contributed by atoms with Crippen LogP contribution in [-0.4, -0.2) is 27.3 Å².